The molecule has 1 aromatic carbocycles. The van der Waals surface area contributed by atoms with Gasteiger partial charge in [-0.25, -0.2) is 4.98 Å². The Morgan fingerprint density at radius 3 is 2.61 bits per heavy atom. The van der Waals surface area contributed by atoms with Crippen molar-refractivity contribution in [3.05, 3.63) is 35.2 Å². The lowest BCUT2D eigenvalue weighted by Gasteiger charge is -2.31. The van der Waals surface area contributed by atoms with Crippen LogP contribution in [-0.4, -0.2) is 61.6 Å². The number of esters is 1. The highest BCUT2D eigenvalue weighted by Gasteiger charge is 2.20. The van der Waals surface area contributed by atoms with Crippen molar-refractivity contribution < 1.29 is 14.3 Å². The van der Waals surface area contributed by atoms with Crippen LogP contribution in [0.4, 0.5) is 5.13 Å². The van der Waals surface area contributed by atoms with Gasteiger partial charge in [0.1, 0.15) is 0 Å². The van der Waals surface area contributed by atoms with Crippen LogP contribution < -0.4 is 5.32 Å². The number of nitrogens with zero attached hydrogens (tertiary/aromatic N) is 2. The lowest BCUT2D eigenvalue weighted by molar-refractivity contribution is -0.141. The number of anilines is 1. The highest BCUT2D eigenvalue weighted by molar-refractivity contribution is 7.14. The number of hydrogen-bond acceptors (Lipinski definition) is 8. The van der Waals surface area contributed by atoms with Gasteiger partial charge in [0.15, 0.2) is 5.13 Å². The average Bonchev–Trinajstić information content (AvgIpc) is 3.21. The molecule has 0 atom stereocenters. The zero-order chi connectivity index (χ0) is 19.9. The summed E-state index contributed by atoms with van der Waals surface area (Å²) in [6.45, 7) is 2.71. The smallest absolute Gasteiger partial charge is 0.306 e. The van der Waals surface area contributed by atoms with Crippen molar-refractivity contribution in [2.45, 2.75) is 25.3 Å². The van der Waals surface area contributed by atoms with E-state index in [4.69, 9.17) is 19.9 Å². The summed E-state index contributed by atoms with van der Waals surface area (Å²) < 4.78 is 9.65. The first-order chi connectivity index (χ1) is 13.6. The van der Waals surface area contributed by atoms with E-state index in [0.717, 1.165) is 54.4 Å². The number of piperidine rings is 1. The second-order valence-electron chi connectivity index (χ2n) is 6.73. The number of ether oxygens (including phenoxy) is 2. The monoisotopic (exact) mass is 402 g/mol. The number of likely N-dealkylation sites (tertiary alicyclic amines) is 1. The van der Waals surface area contributed by atoms with Gasteiger partial charge in [0, 0.05) is 42.2 Å². The van der Waals surface area contributed by atoms with E-state index in [-0.39, 0.29) is 11.9 Å². The van der Waals surface area contributed by atoms with Crippen LogP contribution in [-0.2, 0) is 14.3 Å². The fourth-order valence-electron chi connectivity index (χ4n) is 3.21. The van der Waals surface area contributed by atoms with E-state index >= 15 is 0 Å². The molecule has 7 nitrogen and oxygen atoms in total. The lowest BCUT2D eigenvalue weighted by Crippen LogP contribution is -2.40. The third kappa shape index (κ3) is 5.30. The number of carbonyl (C=O) groups is 1. The molecule has 3 rings (SSSR count). The zero-order valence-electron chi connectivity index (χ0n) is 16.2. The van der Waals surface area contributed by atoms with Gasteiger partial charge in [-0.15, -0.1) is 11.3 Å². The van der Waals surface area contributed by atoms with Gasteiger partial charge < -0.3 is 19.7 Å². The van der Waals surface area contributed by atoms with Gasteiger partial charge in [0.2, 0.25) is 5.90 Å². The summed E-state index contributed by atoms with van der Waals surface area (Å²) in [7, 11) is 2.93. The quantitative estimate of drug-likeness (QED) is 0.420. The molecule has 0 amide bonds. The van der Waals surface area contributed by atoms with Crippen LogP contribution in [0.5, 0.6) is 0 Å². The van der Waals surface area contributed by atoms with Crippen molar-refractivity contribution in [2.75, 3.05) is 39.2 Å². The van der Waals surface area contributed by atoms with Crippen molar-refractivity contribution in [2.24, 2.45) is 0 Å². The van der Waals surface area contributed by atoms with E-state index in [1.54, 1.807) is 11.3 Å². The molecule has 1 saturated heterocycles. The summed E-state index contributed by atoms with van der Waals surface area (Å²) in [5, 5.41) is 14.2. The summed E-state index contributed by atoms with van der Waals surface area (Å²) in [6, 6.07) is 8.07. The van der Waals surface area contributed by atoms with Gasteiger partial charge in [0.05, 0.1) is 26.3 Å². The Balaban J connectivity index is 1.50. The van der Waals surface area contributed by atoms with Gasteiger partial charge in [-0.2, -0.15) is 0 Å². The maximum absolute atomic E-state index is 11.3. The molecule has 2 aromatic rings. The molecule has 28 heavy (non-hydrogen) atoms. The Bertz CT molecular complexity index is 798. The molecule has 2 N–H and O–H groups in total. The third-order valence-electron chi connectivity index (χ3n) is 4.93. The predicted molar refractivity (Wildman–Crippen MR) is 111 cm³/mol. The van der Waals surface area contributed by atoms with Crippen molar-refractivity contribution in [1.82, 2.24) is 9.88 Å². The number of benzene rings is 1. The van der Waals surface area contributed by atoms with Crippen molar-refractivity contribution in [3.63, 3.8) is 0 Å². The Labute approximate surface area is 169 Å². The molecule has 1 aliphatic heterocycles. The van der Waals surface area contributed by atoms with Gasteiger partial charge >= 0.3 is 5.97 Å². The van der Waals surface area contributed by atoms with Crippen molar-refractivity contribution >= 4 is 28.3 Å². The summed E-state index contributed by atoms with van der Waals surface area (Å²) in [4.78, 5) is 18.3. The molecule has 0 saturated carbocycles. The van der Waals surface area contributed by atoms with Gasteiger partial charge in [-0.3, -0.25) is 10.2 Å². The Morgan fingerprint density at radius 1 is 1.25 bits per heavy atom. The van der Waals surface area contributed by atoms with Crippen molar-refractivity contribution in [3.8, 4) is 11.3 Å². The summed E-state index contributed by atoms with van der Waals surface area (Å²) >= 11 is 1.61. The van der Waals surface area contributed by atoms with Crippen LogP contribution >= 0.6 is 11.3 Å². The molecule has 1 aliphatic rings. The number of hydrogen-bond donors (Lipinski definition) is 2. The Morgan fingerprint density at radius 2 is 1.96 bits per heavy atom. The molecule has 1 aromatic heterocycles. The maximum Gasteiger partial charge on any atom is 0.306 e. The third-order valence-corrected chi connectivity index (χ3v) is 5.70. The van der Waals surface area contributed by atoms with E-state index in [2.05, 4.69) is 10.2 Å². The number of methoxy groups -OCH3 is 2. The van der Waals surface area contributed by atoms with Crippen LogP contribution in [0.1, 0.15) is 24.8 Å². The molecule has 1 fully saturated rings. The summed E-state index contributed by atoms with van der Waals surface area (Å²) in [5.74, 6) is 0.00719. The topological polar surface area (TPSA) is 87.5 Å². The van der Waals surface area contributed by atoms with Crippen LogP contribution in [0.2, 0.25) is 0 Å². The van der Waals surface area contributed by atoms with E-state index in [1.165, 1.54) is 14.2 Å². The fourth-order valence-corrected chi connectivity index (χ4v) is 4.01. The summed E-state index contributed by atoms with van der Waals surface area (Å²) in [6.07, 6.45) is 2.51. The number of carbonyl (C=O) groups excluding carboxylic acids is 1. The van der Waals surface area contributed by atoms with E-state index in [1.807, 2.05) is 29.6 Å². The zero-order valence-corrected chi connectivity index (χ0v) is 17.1. The highest BCUT2D eigenvalue weighted by atomic mass is 32.1. The van der Waals surface area contributed by atoms with E-state index in [0.29, 0.717) is 12.5 Å². The fraction of sp³-hybridized carbons (Fsp3) is 0.450. The molecular weight excluding hydrogens is 376 g/mol. The molecule has 0 aliphatic carbocycles. The summed E-state index contributed by atoms with van der Waals surface area (Å²) in [5.41, 5.74) is 2.70. The minimum atomic E-state index is -0.150. The first-order valence-corrected chi connectivity index (χ1v) is 10.2. The largest absolute Gasteiger partial charge is 0.481 e. The first-order valence-electron chi connectivity index (χ1n) is 9.33. The van der Waals surface area contributed by atoms with Gasteiger partial charge in [-0.05, 0) is 25.0 Å². The number of aromatic nitrogens is 1. The number of thiazole rings is 1. The van der Waals surface area contributed by atoms with Gasteiger partial charge in [0.25, 0.3) is 0 Å². The van der Waals surface area contributed by atoms with Crippen LogP contribution in [0.3, 0.4) is 0 Å². The normalized spacial score (nSPS) is 15.2. The second-order valence-corrected chi connectivity index (χ2v) is 7.59. The Kier molecular flexibility index (Phi) is 7.00. The lowest BCUT2D eigenvalue weighted by atomic mass is 10.1. The van der Waals surface area contributed by atoms with Crippen LogP contribution in [0.25, 0.3) is 11.3 Å². The second kappa shape index (κ2) is 9.66. The van der Waals surface area contributed by atoms with E-state index < -0.39 is 0 Å². The van der Waals surface area contributed by atoms with E-state index in [9.17, 15) is 4.79 Å². The maximum atomic E-state index is 11.3. The molecule has 0 bridgehead atoms. The first kappa shape index (κ1) is 20.3. The highest BCUT2D eigenvalue weighted by Crippen LogP contribution is 2.27. The minimum Gasteiger partial charge on any atom is -0.481 e. The molecule has 2 heterocycles. The molecular formula is C20H26N4O3S. The van der Waals surface area contributed by atoms with Crippen LogP contribution in [0, 0.1) is 5.41 Å². The predicted octanol–water partition coefficient (Wildman–Crippen LogP) is 3.22. The SMILES string of the molecule is COC(=N)c1ccc(-c2csc(NC3CCN(CCC(=O)OC)CC3)n2)cc1. The molecule has 0 radical (unpaired) electrons. The molecule has 8 heteroatoms. The molecule has 0 spiro atoms. The number of rotatable bonds is 7. The molecule has 0 unspecified atom stereocenters. The Hall–Kier alpha value is -2.45. The van der Waals surface area contributed by atoms with Gasteiger partial charge in [-0.1, -0.05) is 12.1 Å². The molecule has 150 valence electrons. The van der Waals surface area contributed by atoms with Crippen LogP contribution in [0.15, 0.2) is 29.6 Å². The average molecular weight is 403 g/mol. The number of nitrogens with one attached hydrogen (secondary N) is 2. The minimum absolute atomic E-state index is 0.150. The standard InChI is InChI=1S/C20H26N4O3S/c1-26-18(25)9-12-24-10-7-16(8-11-24)22-20-23-17(13-28-20)14-3-5-15(6-4-14)19(21)27-2/h3-6,13,16,21H,7-12H2,1-2H3,(H,22,23). The van der Waals surface area contributed by atoms with Crippen molar-refractivity contribution in [1.29, 1.82) is 5.41 Å².